The van der Waals surface area contributed by atoms with Crippen LogP contribution < -0.4 is 5.32 Å². The van der Waals surface area contributed by atoms with E-state index in [0.717, 1.165) is 25.0 Å². The number of carbonyl (C=O) groups is 2. The first kappa shape index (κ1) is 14.7. The fourth-order valence-electron chi connectivity index (χ4n) is 2.09. The quantitative estimate of drug-likeness (QED) is 0.673. The molecule has 0 unspecified atom stereocenters. The van der Waals surface area contributed by atoms with Gasteiger partial charge < -0.3 is 15.3 Å². The Morgan fingerprint density at radius 3 is 2.78 bits per heavy atom. The summed E-state index contributed by atoms with van der Waals surface area (Å²) in [5.74, 6) is -0.826. The smallest absolute Gasteiger partial charge is 0.304 e. The first-order valence-corrected chi connectivity index (χ1v) is 6.57. The van der Waals surface area contributed by atoms with Crippen molar-refractivity contribution in [2.24, 2.45) is 0 Å². The molecule has 1 amide bonds. The molecule has 0 saturated carbocycles. The van der Waals surface area contributed by atoms with E-state index < -0.39 is 5.97 Å². The largest absolute Gasteiger partial charge is 0.481 e. The first-order chi connectivity index (χ1) is 8.65. The van der Waals surface area contributed by atoms with Gasteiger partial charge >= 0.3 is 5.97 Å². The molecule has 1 aliphatic carbocycles. The highest BCUT2D eigenvalue weighted by Crippen LogP contribution is 2.20. The number of aliphatic carboxylic acids is 1. The van der Waals surface area contributed by atoms with E-state index in [0.29, 0.717) is 13.1 Å². The SMILES string of the molecule is CCN(C(=O)CNCCC(=O)O)C1=CCCCC1. The average molecular weight is 254 g/mol. The molecule has 0 bridgehead atoms. The maximum atomic E-state index is 12.0. The normalized spacial score (nSPS) is 15.1. The van der Waals surface area contributed by atoms with Gasteiger partial charge in [-0.05, 0) is 32.6 Å². The highest BCUT2D eigenvalue weighted by molar-refractivity contribution is 5.80. The number of nitrogens with one attached hydrogen (secondary N) is 1. The molecule has 102 valence electrons. The van der Waals surface area contributed by atoms with E-state index in [2.05, 4.69) is 11.4 Å². The van der Waals surface area contributed by atoms with E-state index in [4.69, 9.17) is 5.11 Å². The topological polar surface area (TPSA) is 69.6 Å². The van der Waals surface area contributed by atoms with E-state index in [-0.39, 0.29) is 18.9 Å². The van der Waals surface area contributed by atoms with Gasteiger partial charge in [-0.25, -0.2) is 0 Å². The van der Waals surface area contributed by atoms with Gasteiger partial charge in [-0.3, -0.25) is 9.59 Å². The van der Waals surface area contributed by atoms with E-state index in [1.807, 2.05) is 6.92 Å². The molecule has 0 saturated heterocycles. The van der Waals surface area contributed by atoms with Crippen LogP contribution in [0.3, 0.4) is 0 Å². The highest BCUT2D eigenvalue weighted by atomic mass is 16.4. The van der Waals surface area contributed by atoms with E-state index in [1.54, 1.807) is 4.90 Å². The zero-order chi connectivity index (χ0) is 13.4. The van der Waals surface area contributed by atoms with Crippen LogP contribution in [0.5, 0.6) is 0 Å². The number of rotatable bonds is 7. The lowest BCUT2D eigenvalue weighted by Gasteiger charge is -2.26. The Kier molecular flexibility index (Phi) is 6.43. The predicted molar refractivity (Wildman–Crippen MR) is 69.1 cm³/mol. The zero-order valence-electron chi connectivity index (χ0n) is 10.9. The molecule has 0 aromatic heterocycles. The van der Waals surface area contributed by atoms with Crippen molar-refractivity contribution < 1.29 is 14.7 Å². The Morgan fingerprint density at radius 2 is 2.22 bits per heavy atom. The monoisotopic (exact) mass is 254 g/mol. The van der Waals surface area contributed by atoms with E-state index in [9.17, 15) is 9.59 Å². The lowest BCUT2D eigenvalue weighted by Crippen LogP contribution is -2.38. The molecule has 0 atom stereocenters. The number of carbonyl (C=O) groups excluding carboxylic acids is 1. The standard InChI is InChI=1S/C13H22N2O3/c1-2-15(11-6-4-3-5-7-11)12(16)10-14-9-8-13(17)18/h6,14H,2-5,7-10H2,1H3,(H,17,18). The van der Waals surface area contributed by atoms with Gasteiger partial charge in [0.2, 0.25) is 5.91 Å². The maximum Gasteiger partial charge on any atom is 0.304 e. The van der Waals surface area contributed by atoms with Crippen LogP contribution in [0.1, 0.15) is 39.0 Å². The molecular formula is C13H22N2O3. The van der Waals surface area contributed by atoms with Crippen LogP contribution in [0.2, 0.25) is 0 Å². The van der Waals surface area contributed by atoms with E-state index in [1.165, 1.54) is 6.42 Å². The summed E-state index contributed by atoms with van der Waals surface area (Å²) in [5, 5.41) is 11.4. The van der Waals surface area contributed by atoms with Crippen molar-refractivity contribution in [3.63, 3.8) is 0 Å². The fraction of sp³-hybridized carbons (Fsp3) is 0.692. The Balaban J connectivity index is 2.37. The van der Waals surface area contributed by atoms with Crippen LogP contribution >= 0.6 is 0 Å². The summed E-state index contributed by atoms with van der Waals surface area (Å²) < 4.78 is 0. The van der Waals surface area contributed by atoms with Gasteiger partial charge in [0, 0.05) is 18.8 Å². The van der Waals surface area contributed by atoms with Gasteiger partial charge in [0.05, 0.1) is 13.0 Å². The minimum Gasteiger partial charge on any atom is -0.481 e. The first-order valence-electron chi connectivity index (χ1n) is 6.57. The van der Waals surface area contributed by atoms with Crippen LogP contribution in [0.15, 0.2) is 11.8 Å². The summed E-state index contributed by atoms with van der Waals surface area (Å²) in [7, 11) is 0. The number of allylic oxidation sites excluding steroid dienone is 2. The van der Waals surface area contributed by atoms with E-state index >= 15 is 0 Å². The Hall–Kier alpha value is -1.36. The summed E-state index contributed by atoms with van der Waals surface area (Å²) in [6.07, 6.45) is 6.54. The minimum absolute atomic E-state index is 0.0241. The number of amides is 1. The summed E-state index contributed by atoms with van der Waals surface area (Å²) in [4.78, 5) is 24.1. The van der Waals surface area contributed by atoms with Crippen molar-refractivity contribution >= 4 is 11.9 Å². The lowest BCUT2D eigenvalue weighted by atomic mass is 10.0. The minimum atomic E-state index is -0.850. The average Bonchev–Trinajstić information content (AvgIpc) is 2.36. The Bertz CT molecular complexity index is 326. The molecule has 0 fully saturated rings. The fourth-order valence-corrected chi connectivity index (χ4v) is 2.09. The molecule has 0 aliphatic heterocycles. The molecular weight excluding hydrogens is 232 g/mol. The third-order valence-electron chi connectivity index (χ3n) is 3.02. The molecule has 1 aliphatic rings. The van der Waals surface area contributed by atoms with Gasteiger partial charge in [0.1, 0.15) is 0 Å². The highest BCUT2D eigenvalue weighted by Gasteiger charge is 2.17. The van der Waals surface area contributed by atoms with Crippen LogP contribution in [0, 0.1) is 0 Å². The molecule has 0 aromatic rings. The van der Waals surface area contributed by atoms with Gasteiger partial charge in [-0.2, -0.15) is 0 Å². The third-order valence-corrected chi connectivity index (χ3v) is 3.02. The second kappa shape index (κ2) is 7.87. The van der Waals surface area contributed by atoms with Crippen LogP contribution in [-0.4, -0.2) is 41.5 Å². The summed E-state index contributed by atoms with van der Waals surface area (Å²) in [6, 6.07) is 0. The van der Waals surface area contributed by atoms with Crippen LogP contribution in [0.25, 0.3) is 0 Å². The van der Waals surface area contributed by atoms with Crippen LogP contribution in [-0.2, 0) is 9.59 Å². The van der Waals surface area contributed by atoms with Gasteiger partial charge in [0.25, 0.3) is 0 Å². The number of likely N-dealkylation sites (N-methyl/N-ethyl adjacent to an activating group) is 1. The van der Waals surface area contributed by atoms with Crippen molar-refractivity contribution in [1.82, 2.24) is 10.2 Å². The van der Waals surface area contributed by atoms with Crippen LogP contribution in [0.4, 0.5) is 0 Å². The number of nitrogens with zero attached hydrogens (tertiary/aromatic N) is 1. The van der Waals surface area contributed by atoms with Crippen molar-refractivity contribution in [3.8, 4) is 0 Å². The van der Waals surface area contributed by atoms with Crippen molar-refractivity contribution in [3.05, 3.63) is 11.8 Å². The van der Waals surface area contributed by atoms with Gasteiger partial charge in [0.15, 0.2) is 0 Å². The predicted octanol–water partition coefficient (Wildman–Crippen LogP) is 1.36. The summed E-state index contributed by atoms with van der Waals surface area (Å²) in [5.41, 5.74) is 1.12. The number of hydrogen-bond donors (Lipinski definition) is 2. The van der Waals surface area contributed by atoms with Gasteiger partial charge in [-0.15, -0.1) is 0 Å². The summed E-state index contributed by atoms with van der Waals surface area (Å²) >= 11 is 0. The maximum absolute atomic E-state index is 12.0. The molecule has 0 heterocycles. The summed E-state index contributed by atoms with van der Waals surface area (Å²) in [6.45, 7) is 3.17. The Morgan fingerprint density at radius 1 is 1.44 bits per heavy atom. The second-order valence-corrected chi connectivity index (χ2v) is 4.40. The molecule has 5 heteroatoms. The van der Waals surface area contributed by atoms with Crippen molar-refractivity contribution in [1.29, 1.82) is 0 Å². The number of carboxylic acid groups (broad SMARTS) is 1. The second-order valence-electron chi connectivity index (χ2n) is 4.40. The zero-order valence-corrected chi connectivity index (χ0v) is 10.9. The molecule has 5 nitrogen and oxygen atoms in total. The number of hydrogen-bond acceptors (Lipinski definition) is 3. The third kappa shape index (κ3) is 4.87. The molecule has 2 N–H and O–H groups in total. The number of carboxylic acids is 1. The van der Waals surface area contributed by atoms with Crippen molar-refractivity contribution in [2.75, 3.05) is 19.6 Å². The molecule has 18 heavy (non-hydrogen) atoms. The molecule has 1 rings (SSSR count). The molecule has 0 spiro atoms. The van der Waals surface area contributed by atoms with Crippen molar-refractivity contribution in [2.45, 2.75) is 39.0 Å². The molecule has 0 radical (unpaired) electrons. The lowest BCUT2D eigenvalue weighted by molar-refractivity contribution is -0.137. The van der Waals surface area contributed by atoms with Gasteiger partial charge in [-0.1, -0.05) is 6.08 Å². The molecule has 0 aromatic carbocycles. The Labute approximate surface area is 108 Å².